The van der Waals surface area contributed by atoms with Gasteiger partial charge >= 0.3 is 0 Å². The molecule has 15 heavy (non-hydrogen) atoms. The highest BCUT2D eigenvalue weighted by Crippen LogP contribution is 2.22. The second-order valence-corrected chi connectivity index (χ2v) is 5.02. The number of rotatable bonds is 2. The minimum Gasteiger partial charge on any atom is -0.389 e. The molecule has 80 valence electrons. The lowest BCUT2D eigenvalue weighted by Gasteiger charge is -2.29. The van der Waals surface area contributed by atoms with E-state index in [9.17, 15) is 0 Å². The van der Waals surface area contributed by atoms with Crippen molar-refractivity contribution in [2.75, 3.05) is 29.5 Å². The van der Waals surface area contributed by atoms with Crippen LogP contribution in [-0.2, 0) is 0 Å². The molecular formula is C10H13N3S2. The number of thiocarbonyl (C=S) groups is 1. The molecule has 0 aliphatic carbocycles. The first-order valence-corrected chi connectivity index (χ1v) is 6.42. The molecule has 0 atom stereocenters. The predicted octanol–water partition coefficient (Wildman–Crippen LogP) is 1.27. The minimum absolute atomic E-state index is 0.450. The number of nitrogens with zero attached hydrogens (tertiary/aromatic N) is 2. The fourth-order valence-electron chi connectivity index (χ4n) is 1.65. The quantitative estimate of drug-likeness (QED) is 0.787. The van der Waals surface area contributed by atoms with E-state index in [1.807, 2.05) is 24.0 Å². The fraction of sp³-hybridized carbons (Fsp3) is 0.400. The predicted molar refractivity (Wildman–Crippen MR) is 69.7 cm³/mol. The van der Waals surface area contributed by atoms with Gasteiger partial charge in [0.1, 0.15) is 4.99 Å². The molecule has 0 amide bonds. The number of anilines is 1. The topological polar surface area (TPSA) is 42.1 Å². The number of aromatic nitrogens is 1. The van der Waals surface area contributed by atoms with Crippen LogP contribution in [-0.4, -0.2) is 34.6 Å². The molecule has 0 bridgehead atoms. The zero-order valence-corrected chi connectivity index (χ0v) is 9.98. The molecule has 2 N–H and O–H groups in total. The molecule has 1 aromatic heterocycles. The van der Waals surface area contributed by atoms with Crippen molar-refractivity contribution in [1.29, 1.82) is 0 Å². The molecule has 0 spiro atoms. The number of nitrogens with two attached hydrogens (primary N) is 1. The van der Waals surface area contributed by atoms with E-state index in [0.717, 1.165) is 35.8 Å². The summed E-state index contributed by atoms with van der Waals surface area (Å²) in [5, 5.41) is 0. The third-order valence-corrected chi connectivity index (χ3v) is 3.58. The molecule has 5 heteroatoms. The summed E-state index contributed by atoms with van der Waals surface area (Å²) >= 11 is 7.02. The number of hydrogen-bond acceptors (Lipinski definition) is 4. The van der Waals surface area contributed by atoms with E-state index < -0.39 is 0 Å². The summed E-state index contributed by atoms with van der Waals surface area (Å²) in [6, 6.07) is 1.89. The van der Waals surface area contributed by atoms with E-state index in [4.69, 9.17) is 18.0 Å². The Kier molecular flexibility index (Phi) is 3.43. The van der Waals surface area contributed by atoms with Gasteiger partial charge < -0.3 is 10.6 Å². The van der Waals surface area contributed by atoms with Crippen molar-refractivity contribution in [3.63, 3.8) is 0 Å². The molecule has 0 saturated carbocycles. The van der Waals surface area contributed by atoms with Crippen LogP contribution < -0.4 is 10.6 Å². The van der Waals surface area contributed by atoms with Gasteiger partial charge in [0.25, 0.3) is 0 Å². The number of thioether (sulfide) groups is 1. The average Bonchev–Trinajstić information content (AvgIpc) is 2.30. The van der Waals surface area contributed by atoms with Crippen LogP contribution in [0.5, 0.6) is 0 Å². The average molecular weight is 239 g/mol. The third kappa shape index (κ3) is 2.41. The van der Waals surface area contributed by atoms with Crippen LogP contribution >= 0.6 is 24.0 Å². The van der Waals surface area contributed by atoms with Crippen LogP contribution in [0.15, 0.2) is 18.5 Å². The lowest BCUT2D eigenvalue weighted by Crippen LogP contribution is -2.34. The summed E-state index contributed by atoms with van der Waals surface area (Å²) in [6.07, 6.45) is 3.58. The molecule has 1 aromatic rings. The molecular weight excluding hydrogens is 226 g/mol. The molecule has 1 saturated heterocycles. The highest BCUT2D eigenvalue weighted by atomic mass is 32.2. The normalized spacial score (nSPS) is 16.4. The molecule has 0 radical (unpaired) electrons. The van der Waals surface area contributed by atoms with Crippen molar-refractivity contribution in [2.24, 2.45) is 5.73 Å². The largest absolute Gasteiger partial charge is 0.389 e. The van der Waals surface area contributed by atoms with Gasteiger partial charge in [0.05, 0.1) is 11.9 Å². The van der Waals surface area contributed by atoms with Crippen LogP contribution in [0.3, 0.4) is 0 Å². The van der Waals surface area contributed by atoms with Crippen LogP contribution in [0.2, 0.25) is 0 Å². The van der Waals surface area contributed by atoms with Gasteiger partial charge in [-0.15, -0.1) is 0 Å². The Labute approximate surface area is 99.1 Å². The second kappa shape index (κ2) is 4.81. The van der Waals surface area contributed by atoms with Crippen molar-refractivity contribution >= 4 is 34.7 Å². The Morgan fingerprint density at radius 1 is 1.47 bits per heavy atom. The van der Waals surface area contributed by atoms with Crippen molar-refractivity contribution < 1.29 is 0 Å². The first kappa shape index (κ1) is 10.7. The van der Waals surface area contributed by atoms with E-state index in [0.29, 0.717) is 4.99 Å². The highest BCUT2D eigenvalue weighted by Gasteiger charge is 2.15. The Balaban J connectivity index is 2.29. The van der Waals surface area contributed by atoms with Gasteiger partial charge in [-0.1, -0.05) is 12.2 Å². The maximum absolute atomic E-state index is 5.69. The molecule has 2 rings (SSSR count). The summed E-state index contributed by atoms with van der Waals surface area (Å²) in [5.74, 6) is 2.32. The fourth-order valence-corrected chi connectivity index (χ4v) is 2.73. The molecule has 1 aliphatic rings. The van der Waals surface area contributed by atoms with Gasteiger partial charge in [0, 0.05) is 36.4 Å². The standard InChI is InChI=1S/C10H13N3S2/c11-10(14)8-1-2-12-7-9(8)13-3-5-15-6-4-13/h1-2,7H,3-6H2,(H2,11,14). The van der Waals surface area contributed by atoms with Gasteiger partial charge in [-0.3, -0.25) is 4.98 Å². The van der Waals surface area contributed by atoms with Gasteiger partial charge in [0.15, 0.2) is 0 Å². The summed E-state index contributed by atoms with van der Waals surface area (Å²) in [4.78, 5) is 6.89. The molecule has 1 aliphatic heterocycles. The van der Waals surface area contributed by atoms with Crippen LogP contribution in [0.25, 0.3) is 0 Å². The van der Waals surface area contributed by atoms with Crippen molar-refractivity contribution in [2.45, 2.75) is 0 Å². The van der Waals surface area contributed by atoms with E-state index in [2.05, 4.69) is 9.88 Å². The SMILES string of the molecule is NC(=S)c1ccncc1N1CCSCC1. The lowest BCUT2D eigenvalue weighted by molar-refractivity contribution is 0.854. The van der Waals surface area contributed by atoms with Crippen LogP contribution in [0.1, 0.15) is 5.56 Å². The monoisotopic (exact) mass is 239 g/mol. The van der Waals surface area contributed by atoms with Crippen molar-refractivity contribution in [1.82, 2.24) is 4.98 Å². The second-order valence-electron chi connectivity index (χ2n) is 3.36. The zero-order valence-electron chi connectivity index (χ0n) is 8.35. The molecule has 0 unspecified atom stereocenters. The van der Waals surface area contributed by atoms with Gasteiger partial charge in [0.2, 0.25) is 0 Å². The van der Waals surface area contributed by atoms with Gasteiger partial charge in [-0.05, 0) is 6.07 Å². The summed E-state index contributed by atoms with van der Waals surface area (Å²) in [7, 11) is 0. The summed E-state index contributed by atoms with van der Waals surface area (Å²) in [5.41, 5.74) is 7.70. The van der Waals surface area contributed by atoms with E-state index in [-0.39, 0.29) is 0 Å². The Hall–Kier alpha value is -0.810. The van der Waals surface area contributed by atoms with Crippen molar-refractivity contribution in [3.05, 3.63) is 24.0 Å². The summed E-state index contributed by atoms with van der Waals surface area (Å²) < 4.78 is 0. The molecule has 1 fully saturated rings. The lowest BCUT2D eigenvalue weighted by atomic mass is 10.2. The third-order valence-electron chi connectivity index (χ3n) is 2.42. The first-order valence-electron chi connectivity index (χ1n) is 4.85. The van der Waals surface area contributed by atoms with Gasteiger partial charge in [-0.2, -0.15) is 11.8 Å². The Morgan fingerprint density at radius 3 is 2.87 bits per heavy atom. The Bertz CT molecular complexity index is 361. The van der Waals surface area contributed by atoms with Gasteiger partial charge in [-0.25, -0.2) is 0 Å². The van der Waals surface area contributed by atoms with E-state index >= 15 is 0 Å². The zero-order chi connectivity index (χ0) is 10.7. The van der Waals surface area contributed by atoms with Crippen LogP contribution in [0.4, 0.5) is 5.69 Å². The maximum atomic E-state index is 5.69. The Morgan fingerprint density at radius 2 is 2.20 bits per heavy atom. The first-order chi connectivity index (χ1) is 7.29. The molecule has 3 nitrogen and oxygen atoms in total. The smallest absolute Gasteiger partial charge is 0.106 e. The van der Waals surface area contributed by atoms with Crippen molar-refractivity contribution in [3.8, 4) is 0 Å². The van der Waals surface area contributed by atoms with E-state index in [1.54, 1.807) is 6.20 Å². The maximum Gasteiger partial charge on any atom is 0.106 e. The minimum atomic E-state index is 0.450. The summed E-state index contributed by atoms with van der Waals surface area (Å²) in [6.45, 7) is 2.10. The van der Waals surface area contributed by atoms with E-state index in [1.165, 1.54) is 0 Å². The van der Waals surface area contributed by atoms with Crippen LogP contribution in [0, 0.1) is 0 Å². The molecule has 2 heterocycles. The highest BCUT2D eigenvalue weighted by molar-refractivity contribution is 7.99. The number of pyridine rings is 1. The number of hydrogen-bond donors (Lipinski definition) is 1. The molecule has 0 aromatic carbocycles.